The lowest BCUT2D eigenvalue weighted by Crippen LogP contribution is -2.22. The summed E-state index contributed by atoms with van der Waals surface area (Å²) in [6.07, 6.45) is 1.67. The third-order valence-corrected chi connectivity index (χ3v) is 5.19. The highest BCUT2D eigenvalue weighted by Crippen LogP contribution is 2.31. The van der Waals surface area contributed by atoms with E-state index in [-0.39, 0.29) is 0 Å². The Morgan fingerprint density at radius 3 is 2.06 bits per heavy atom. The number of oxazole rings is 1. The number of rotatable bonds is 5. The molecule has 33 heavy (non-hydrogen) atoms. The van der Waals surface area contributed by atoms with Crippen LogP contribution in [0.25, 0.3) is 28.6 Å². The maximum Gasteiger partial charge on any atom is 0.355 e. The lowest BCUT2D eigenvalue weighted by Gasteiger charge is -2.09. The van der Waals surface area contributed by atoms with Crippen molar-refractivity contribution in [2.75, 3.05) is 5.32 Å². The van der Waals surface area contributed by atoms with Crippen molar-refractivity contribution in [2.24, 2.45) is 0 Å². The second-order valence-corrected chi connectivity index (χ2v) is 7.87. The summed E-state index contributed by atoms with van der Waals surface area (Å²) >= 11 is 0. The molecule has 2 heterocycles. The summed E-state index contributed by atoms with van der Waals surface area (Å²) in [6, 6.07) is 27.1. The van der Waals surface area contributed by atoms with Crippen LogP contribution in [0.4, 0.5) is 11.5 Å². The molecule has 5 aromatic rings. The van der Waals surface area contributed by atoms with E-state index >= 15 is 0 Å². The second kappa shape index (κ2) is 8.59. The summed E-state index contributed by atoms with van der Waals surface area (Å²) in [5, 5.41) is 3.21. The van der Waals surface area contributed by atoms with Crippen LogP contribution >= 0.6 is 0 Å². The summed E-state index contributed by atoms with van der Waals surface area (Å²) in [6.45, 7) is 4.06. The van der Waals surface area contributed by atoms with Crippen molar-refractivity contribution in [1.82, 2.24) is 14.5 Å². The summed E-state index contributed by atoms with van der Waals surface area (Å²) in [4.78, 5) is 21.9. The Morgan fingerprint density at radius 2 is 1.42 bits per heavy atom. The Morgan fingerprint density at radius 1 is 0.788 bits per heavy atom. The number of aryl methyl sites for hydroxylation is 2. The van der Waals surface area contributed by atoms with E-state index < -0.39 is 5.69 Å². The van der Waals surface area contributed by atoms with Crippen LogP contribution in [0.5, 0.6) is 0 Å². The number of hydrogen-bond acceptors (Lipinski definition) is 5. The zero-order valence-corrected chi connectivity index (χ0v) is 18.3. The van der Waals surface area contributed by atoms with Gasteiger partial charge in [0.1, 0.15) is 5.82 Å². The zero-order valence-electron chi connectivity index (χ0n) is 18.3. The van der Waals surface area contributed by atoms with Gasteiger partial charge in [-0.1, -0.05) is 54.6 Å². The minimum absolute atomic E-state index is 0.399. The second-order valence-electron chi connectivity index (χ2n) is 7.87. The van der Waals surface area contributed by atoms with Crippen LogP contribution in [0.15, 0.2) is 100 Å². The van der Waals surface area contributed by atoms with Gasteiger partial charge in [0.2, 0.25) is 5.89 Å². The van der Waals surface area contributed by atoms with Crippen LogP contribution in [0.3, 0.4) is 0 Å². The minimum Gasteiger partial charge on any atom is -0.434 e. The smallest absolute Gasteiger partial charge is 0.355 e. The monoisotopic (exact) mass is 434 g/mol. The van der Waals surface area contributed by atoms with Gasteiger partial charge in [-0.3, -0.25) is 0 Å². The van der Waals surface area contributed by atoms with Gasteiger partial charge in [-0.05, 0) is 55.3 Å². The first-order valence-corrected chi connectivity index (χ1v) is 10.6. The molecular formula is C27H22N4O2. The van der Waals surface area contributed by atoms with E-state index in [9.17, 15) is 4.79 Å². The maximum absolute atomic E-state index is 13.0. The average Bonchev–Trinajstić information content (AvgIpc) is 3.25. The lowest BCUT2D eigenvalue weighted by atomic mass is 10.1. The highest BCUT2D eigenvalue weighted by molar-refractivity contribution is 5.69. The van der Waals surface area contributed by atoms with Crippen molar-refractivity contribution in [1.29, 1.82) is 0 Å². The maximum atomic E-state index is 13.0. The van der Waals surface area contributed by atoms with Crippen LogP contribution in [-0.2, 0) is 0 Å². The molecule has 0 radical (unpaired) electrons. The van der Waals surface area contributed by atoms with Gasteiger partial charge in [-0.15, -0.1) is 0 Å². The van der Waals surface area contributed by atoms with E-state index in [0.717, 1.165) is 27.9 Å². The molecular weight excluding hydrogens is 412 g/mol. The van der Waals surface area contributed by atoms with E-state index in [2.05, 4.69) is 21.4 Å². The van der Waals surface area contributed by atoms with E-state index in [0.29, 0.717) is 23.3 Å². The van der Waals surface area contributed by atoms with Crippen molar-refractivity contribution in [3.63, 3.8) is 0 Å². The van der Waals surface area contributed by atoms with Crippen LogP contribution in [0, 0.1) is 13.8 Å². The van der Waals surface area contributed by atoms with Gasteiger partial charge < -0.3 is 9.73 Å². The van der Waals surface area contributed by atoms with Crippen LogP contribution in [0.1, 0.15) is 11.1 Å². The van der Waals surface area contributed by atoms with Gasteiger partial charge in [0.15, 0.2) is 11.6 Å². The Labute approximate surface area is 191 Å². The largest absolute Gasteiger partial charge is 0.434 e. The Balaban J connectivity index is 1.57. The fraction of sp³-hybridized carbons (Fsp3) is 0.0741. The molecule has 0 spiro atoms. The summed E-state index contributed by atoms with van der Waals surface area (Å²) in [5.74, 6) is 1.81. The van der Waals surface area contributed by atoms with Crippen molar-refractivity contribution in [2.45, 2.75) is 13.8 Å². The number of benzene rings is 3. The van der Waals surface area contributed by atoms with Crippen LogP contribution in [0.2, 0.25) is 0 Å². The average molecular weight is 434 g/mol. The molecule has 0 aliphatic rings. The van der Waals surface area contributed by atoms with E-state index in [1.807, 2.05) is 86.6 Å². The third kappa shape index (κ3) is 4.32. The van der Waals surface area contributed by atoms with Crippen molar-refractivity contribution in [3.05, 3.63) is 113 Å². The normalized spacial score (nSPS) is 10.8. The molecule has 0 saturated carbocycles. The third-order valence-electron chi connectivity index (χ3n) is 5.19. The van der Waals surface area contributed by atoms with Crippen molar-refractivity contribution in [3.8, 4) is 28.6 Å². The number of hydrogen-bond donors (Lipinski definition) is 1. The summed E-state index contributed by atoms with van der Waals surface area (Å²) in [5.41, 5.74) is 4.36. The molecule has 6 nitrogen and oxygen atoms in total. The Hall–Kier alpha value is -4.45. The van der Waals surface area contributed by atoms with E-state index in [1.165, 1.54) is 4.57 Å². The van der Waals surface area contributed by atoms with Crippen molar-refractivity contribution >= 4 is 11.5 Å². The molecule has 0 saturated heterocycles. The molecule has 0 bridgehead atoms. The molecule has 0 atom stereocenters. The summed E-state index contributed by atoms with van der Waals surface area (Å²) < 4.78 is 7.54. The van der Waals surface area contributed by atoms with Crippen LogP contribution in [-0.4, -0.2) is 14.5 Å². The van der Waals surface area contributed by atoms with Gasteiger partial charge >= 0.3 is 5.69 Å². The molecule has 0 unspecified atom stereocenters. The standard InChI is InChI=1S/C27H22N4O2/c1-18-15-19(2)17-22(16-18)28-23-13-14-31(27(32)29-23)25-24(20-9-5-3-6-10-20)33-26(30-25)21-11-7-4-8-12-21/h3-17H,1-2H3,(H,28,29,32). The molecule has 5 rings (SSSR count). The quantitative estimate of drug-likeness (QED) is 0.372. The topological polar surface area (TPSA) is 73.0 Å². The predicted molar refractivity (Wildman–Crippen MR) is 130 cm³/mol. The molecule has 0 amide bonds. The first-order valence-electron chi connectivity index (χ1n) is 10.6. The Bertz CT molecular complexity index is 1450. The molecule has 1 N–H and O–H groups in total. The molecule has 2 aromatic heterocycles. The van der Waals surface area contributed by atoms with E-state index in [4.69, 9.17) is 4.42 Å². The van der Waals surface area contributed by atoms with E-state index in [1.54, 1.807) is 12.3 Å². The number of nitrogens with zero attached hydrogens (tertiary/aromatic N) is 3. The lowest BCUT2D eigenvalue weighted by molar-refractivity contribution is 0.588. The van der Waals surface area contributed by atoms with Gasteiger partial charge in [0.05, 0.1) is 0 Å². The van der Waals surface area contributed by atoms with Gasteiger partial charge in [0.25, 0.3) is 0 Å². The Kier molecular flexibility index (Phi) is 5.32. The molecule has 0 fully saturated rings. The number of anilines is 2. The highest BCUT2D eigenvalue weighted by atomic mass is 16.4. The predicted octanol–water partition coefficient (Wildman–Crippen LogP) is 5.91. The summed E-state index contributed by atoms with van der Waals surface area (Å²) in [7, 11) is 0. The first kappa shape index (κ1) is 20.5. The number of aromatic nitrogens is 3. The first-order chi connectivity index (χ1) is 16.1. The molecule has 0 aliphatic heterocycles. The van der Waals surface area contributed by atoms with Gasteiger partial charge in [-0.2, -0.15) is 9.97 Å². The number of nitrogens with one attached hydrogen (secondary N) is 1. The molecule has 0 aliphatic carbocycles. The molecule has 3 aromatic carbocycles. The zero-order chi connectivity index (χ0) is 22.8. The van der Waals surface area contributed by atoms with Crippen LogP contribution < -0.4 is 11.0 Å². The van der Waals surface area contributed by atoms with Gasteiger partial charge in [-0.25, -0.2) is 9.36 Å². The van der Waals surface area contributed by atoms with Gasteiger partial charge in [0, 0.05) is 23.0 Å². The fourth-order valence-electron chi connectivity index (χ4n) is 3.79. The minimum atomic E-state index is -0.450. The molecule has 6 heteroatoms. The SMILES string of the molecule is Cc1cc(C)cc(Nc2ccn(-c3nc(-c4ccccc4)oc3-c3ccccc3)c(=O)n2)c1. The fourth-order valence-corrected chi connectivity index (χ4v) is 3.79. The highest BCUT2D eigenvalue weighted by Gasteiger charge is 2.19. The molecule has 162 valence electrons. The van der Waals surface area contributed by atoms with Crippen molar-refractivity contribution < 1.29 is 4.42 Å².